The summed E-state index contributed by atoms with van der Waals surface area (Å²) in [6.45, 7) is 8.57. The van der Waals surface area contributed by atoms with Crippen molar-refractivity contribution < 1.29 is 53.1 Å². The molecule has 0 radical (unpaired) electrons. The quantitative estimate of drug-likeness (QED) is 0.261. The molecule has 246 valence electrons. The molecule has 2 N–H and O–H groups in total. The predicted molar refractivity (Wildman–Crippen MR) is 163 cm³/mol. The van der Waals surface area contributed by atoms with Crippen LogP contribution in [-0.4, -0.2) is 81.4 Å². The van der Waals surface area contributed by atoms with Gasteiger partial charge in [0.15, 0.2) is 18.3 Å². The molecule has 1 heterocycles. The second-order valence-electron chi connectivity index (χ2n) is 13.1. The molecule has 1 saturated heterocycles. The second kappa shape index (κ2) is 11.9. The Morgan fingerprint density at radius 3 is 2.00 bits per heavy atom. The van der Waals surface area contributed by atoms with Crippen molar-refractivity contribution in [1.29, 1.82) is 0 Å². The Morgan fingerprint density at radius 1 is 0.826 bits per heavy atom. The molecule has 0 aromatic heterocycles. The van der Waals surface area contributed by atoms with Gasteiger partial charge in [-0.2, -0.15) is 0 Å². The van der Waals surface area contributed by atoms with Crippen LogP contribution in [0.25, 0.3) is 6.08 Å². The Balaban J connectivity index is 1.70. The first-order valence-electron chi connectivity index (χ1n) is 15.2. The summed E-state index contributed by atoms with van der Waals surface area (Å²) in [6.07, 6.45) is -4.55. The van der Waals surface area contributed by atoms with Gasteiger partial charge in [-0.25, -0.2) is 9.59 Å². The number of carbonyl (C=O) groups excluding carboxylic acids is 4. The summed E-state index contributed by atoms with van der Waals surface area (Å²) >= 11 is 0. The number of carbonyl (C=O) groups is 4. The molecule has 2 saturated carbocycles. The SMILES string of the molecule is CC(=O)O[C@H]1[C@H](OC(=O)c2ccccc2)[C@@]2(C)[C@@H](OC(=O)/C=C/c3ccccc3)C[C@@H]3[C@@H](O)[C@]2(OC3(C)C)[C@@](C)(O)[C@H]1OC(C)=O. The number of hydrogen-bond acceptors (Lipinski definition) is 11. The van der Waals surface area contributed by atoms with Crippen molar-refractivity contribution in [3.8, 4) is 0 Å². The van der Waals surface area contributed by atoms with Crippen LogP contribution in [0.3, 0.4) is 0 Å². The number of fused-ring (bicyclic) bond motifs is 1. The Labute approximate surface area is 267 Å². The summed E-state index contributed by atoms with van der Waals surface area (Å²) in [5.41, 5.74) is -6.32. The van der Waals surface area contributed by atoms with Crippen LogP contribution in [0, 0.1) is 11.3 Å². The maximum atomic E-state index is 13.7. The smallest absolute Gasteiger partial charge is 0.338 e. The van der Waals surface area contributed by atoms with Gasteiger partial charge in [0, 0.05) is 25.8 Å². The van der Waals surface area contributed by atoms with Gasteiger partial charge in [0.25, 0.3) is 0 Å². The maximum absolute atomic E-state index is 13.7. The number of aliphatic hydroxyl groups excluding tert-OH is 1. The van der Waals surface area contributed by atoms with E-state index < -0.39 is 82.5 Å². The minimum Gasteiger partial charge on any atom is -0.458 e. The van der Waals surface area contributed by atoms with Crippen molar-refractivity contribution in [2.24, 2.45) is 11.3 Å². The van der Waals surface area contributed by atoms with E-state index in [1.807, 2.05) is 30.3 Å². The molecule has 1 aliphatic heterocycles. The van der Waals surface area contributed by atoms with Gasteiger partial charge < -0.3 is 33.9 Å². The van der Waals surface area contributed by atoms with E-state index in [9.17, 15) is 29.4 Å². The van der Waals surface area contributed by atoms with E-state index in [1.165, 1.54) is 25.1 Å². The fourth-order valence-corrected chi connectivity index (χ4v) is 7.85. The minimum absolute atomic E-state index is 0.0395. The van der Waals surface area contributed by atoms with E-state index in [-0.39, 0.29) is 12.0 Å². The highest BCUT2D eigenvalue weighted by atomic mass is 16.6. The van der Waals surface area contributed by atoms with Gasteiger partial charge in [-0.15, -0.1) is 0 Å². The zero-order chi connectivity index (χ0) is 33.7. The largest absolute Gasteiger partial charge is 0.458 e. The highest BCUT2D eigenvalue weighted by Crippen LogP contribution is 2.68. The topological polar surface area (TPSA) is 155 Å². The van der Waals surface area contributed by atoms with Gasteiger partial charge in [0.1, 0.15) is 17.3 Å². The Hall–Kier alpha value is -4.06. The number of ether oxygens (including phenoxy) is 5. The van der Waals surface area contributed by atoms with Gasteiger partial charge in [0.2, 0.25) is 0 Å². The third kappa shape index (κ3) is 5.30. The van der Waals surface area contributed by atoms with E-state index in [0.717, 1.165) is 19.4 Å². The molecule has 0 amide bonds. The standard InChI is InChI=1S/C35H40O11/c1-20(36)42-27-29(45-31(40)23-15-11-8-12-16-23)33(5)25(44-26(38)18-17-22-13-9-7-10-14-22)19-24-28(39)35(33,46-32(24,3)4)34(6,41)30(27)43-21(2)37/h7-18,24-25,27-30,39,41H,19H2,1-6H3/b18-17+/t24-,25+,27+,28-,29+,30+,33-,34+,35-/m1/s1. The molecule has 2 aromatic rings. The molecule has 3 aliphatic rings. The van der Waals surface area contributed by atoms with Crippen LogP contribution >= 0.6 is 0 Å². The number of benzene rings is 2. The number of aliphatic hydroxyl groups is 2. The van der Waals surface area contributed by atoms with Gasteiger partial charge in [0.05, 0.1) is 22.7 Å². The molecule has 2 aromatic carbocycles. The van der Waals surface area contributed by atoms with Crippen molar-refractivity contribution in [3.63, 3.8) is 0 Å². The first-order valence-corrected chi connectivity index (χ1v) is 15.2. The monoisotopic (exact) mass is 636 g/mol. The van der Waals surface area contributed by atoms with Gasteiger partial charge in [-0.05, 0) is 57.9 Å². The van der Waals surface area contributed by atoms with Crippen LogP contribution in [0.15, 0.2) is 66.7 Å². The maximum Gasteiger partial charge on any atom is 0.338 e. The third-order valence-corrected chi connectivity index (χ3v) is 9.85. The Morgan fingerprint density at radius 2 is 1.41 bits per heavy atom. The molecule has 11 nitrogen and oxygen atoms in total. The average Bonchev–Trinajstić information content (AvgIpc) is 3.16. The number of esters is 4. The zero-order valence-corrected chi connectivity index (χ0v) is 26.7. The summed E-state index contributed by atoms with van der Waals surface area (Å²) in [7, 11) is 0. The lowest BCUT2D eigenvalue weighted by Crippen LogP contribution is -2.85. The lowest BCUT2D eigenvalue weighted by molar-refractivity contribution is -0.368. The first-order chi connectivity index (χ1) is 21.6. The Kier molecular flexibility index (Phi) is 8.65. The van der Waals surface area contributed by atoms with Crippen LogP contribution in [-0.2, 0) is 38.1 Å². The average molecular weight is 637 g/mol. The first kappa shape index (κ1) is 33.3. The van der Waals surface area contributed by atoms with Crippen molar-refractivity contribution >= 4 is 30.0 Å². The summed E-state index contributed by atoms with van der Waals surface area (Å²) in [5, 5.41) is 24.6. The fraction of sp³-hybridized carbons (Fsp3) is 0.486. The third-order valence-electron chi connectivity index (χ3n) is 9.85. The van der Waals surface area contributed by atoms with E-state index >= 15 is 0 Å². The molecule has 0 unspecified atom stereocenters. The van der Waals surface area contributed by atoms with E-state index in [2.05, 4.69) is 0 Å². The van der Waals surface area contributed by atoms with Crippen LogP contribution in [0.4, 0.5) is 0 Å². The van der Waals surface area contributed by atoms with Gasteiger partial charge in [-0.3, -0.25) is 9.59 Å². The van der Waals surface area contributed by atoms with Crippen molar-refractivity contribution in [2.45, 2.75) is 95.3 Å². The lowest BCUT2D eigenvalue weighted by Gasteiger charge is -2.66. The molecule has 2 bridgehead atoms. The number of rotatable bonds is 7. The number of hydrogen-bond donors (Lipinski definition) is 2. The van der Waals surface area contributed by atoms with Crippen LogP contribution in [0.5, 0.6) is 0 Å². The minimum atomic E-state index is -2.28. The summed E-state index contributed by atoms with van der Waals surface area (Å²) in [5.74, 6) is -3.90. The normalized spacial score (nSPS) is 35.9. The van der Waals surface area contributed by atoms with Gasteiger partial charge >= 0.3 is 23.9 Å². The highest BCUT2D eigenvalue weighted by Gasteiger charge is 2.86. The molecule has 5 rings (SSSR count). The molecule has 9 atom stereocenters. The van der Waals surface area contributed by atoms with Crippen molar-refractivity contribution in [3.05, 3.63) is 77.9 Å². The van der Waals surface area contributed by atoms with Crippen LogP contribution in [0.2, 0.25) is 0 Å². The van der Waals surface area contributed by atoms with Gasteiger partial charge in [-0.1, -0.05) is 48.5 Å². The second-order valence-corrected chi connectivity index (χ2v) is 13.1. The van der Waals surface area contributed by atoms with E-state index in [0.29, 0.717) is 0 Å². The molecule has 1 spiro atoms. The molecular weight excluding hydrogens is 596 g/mol. The summed E-state index contributed by atoms with van der Waals surface area (Å²) in [4.78, 5) is 52.1. The molecule has 11 heteroatoms. The molecule has 46 heavy (non-hydrogen) atoms. The van der Waals surface area contributed by atoms with Crippen molar-refractivity contribution in [2.75, 3.05) is 0 Å². The van der Waals surface area contributed by atoms with E-state index in [4.69, 9.17) is 23.7 Å². The van der Waals surface area contributed by atoms with E-state index in [1.54, 1.807) is 45.0 Å². The Bertz CT molecular complexity index is 1520. The highest BCUT2D eigenvalue weighted by molar-refractivity contribution is 5.89. The summed E-state index contributed by atoms with van der Waals surface area (Å²) in [6, 6.07) is 17.1. The van der Waals surface area contributed by atoms with Crippen LogP contribution < -0.4 is 0 Å². The molecular formula is C35H40O11. The van der Waals surface area contributed by atoms with Crippen molar-refractivity contribution in [1.82, 2.24) is 0 Å². The predicted octanol–water partition coefficient (Wildman–Crippen LogP) is 3.40. The van der Waals surface area contributed by atoms with Crippen LogP contribution in [0.1, 0.15) is 63.9 Å². The summed E-state index contributed by atoms with van der Waals surface area (Å²) < 4.78 is 30.3. The lowest BCUT2D eigenvalue weighted by atomic mass is 9.46. The zero-order valence-electron chi connectivity index (χ0n) is 26.7. The fourth-order valence-electron chi connectivity index (χ4n) is 7.85. The molecule has 2 aliphatic carbocycles. The molecule has 3 fully saturated rings.